The number of nitrogens with one attached hydrogen (secondary N) is 1. The standard InChI is InChI=1S/C16H14FN5O3S.ClH/c17-11-5-9-12(23)10(15(24)25)7-22(16-19-2-4-26-16)13(9)20-14(11)21-3-1-8(18)6-21;/h2,4-5,7-8H,1,3,6,18H2,(H,24,25);1H/t8-;/m1./s1. The van der Waals surface area contributed by atoms with Crippen LogP contribution in [-0.4, -0.2) is 44.7 Å². The molecule has 4 rings (SSSR count). The normalized spacial score (nSPS) is 19.2. The van der Waals surface area contributed by atoms with E-state index < -0.39 is 22.8 Å². The van der Waals surface area contributed by atoms with Crippen LogP contribution in [0.15, 0.2) is 28.6 Å². The Hall–Kier alpha value is -2.40. The van der Waals surface area contributed by atoms with Crippen LogP contribution in [0.2, 0.25) is 0 Å². The van der Waals surface area contributed by atoms with E-state index in [-0.39, 0.29) is 35.3 Å². The van der Waals surface area contributed by atoms with Crippen molar-refractivity contribution in [3.8, 4) is 5.13 Å². The number of carboxylic acids is 1. The molecular weight excluding hydrogens is 397 g/mol. The number of rotatable bonds is 3. The summed E-state index contributed by atoms with van der Waals surface area (Å²) in [4.78, 5) is 33.2. The number of thiazole rings is 1. The lowest BCUT2D eigenvalue weighted by Gasteiger charge is -2.14. The van der Waals surface area contributed by atoms with Crippen molar-refractivity contribution < 1.29 is 31.6 Å². The van der Waals surface area contributed by atoms with Crippen LogP contribution in [-0.2, 0) is 0 Å². The number of pyridine rings is 2. The van der Waals surface area contributed by atoms with E-state index in [0.717, 1.165) is 17.4 Å². The molecule has 8 nitrogen and oxygen atoms in total. The highest BCUT2D eigenvalue weighted by atomic mass is 35.5. The first-order valence-corrected chi connectivity index (χ1v) is 8.83. The van der Waals surface area contributed by atoms with E-state index in [0.29, 0.717) is 18.2 Å². The van der Waals surface area contributed by atoms with Gasteiger partial charge in [0, 0.05) is 24.2 Å². The molecule has 0 spiro atoms. The molecule has 142 valence electrons. The molecule has 4 N–H and O–H groups in total. The van der Waals surface area contributed by atoms with Crippen molar-refractivity contribution in [2.24, 2.45) is 5.73 Å². The van der Waals surface area contributed by atoms with Crippen molar-refractivity contribution in [2.45, 2.75) is 12.5 Å². The Labute approximate surface area is 162 Å². The molecular formula is C16H15ClFN5O3S. The highest BCUT2D eigenvalue weighted by Gasteiger charge is 2.30. The molecule has 2 atom stereocenters. The van der Waals surface area contributed by atoms with E-state index in [4.69, 9.17) is 5.73 Å². The largest absolute Gasteiger partial charge is 1.00 e. The predicted octanol–water partition coefficient (Wildman–Crippen LogP) is -3.07. The molecule has 0 amide bonds. The maximum absolute atomic E-state index is 14.7. The van der Waals surface area contributed by atoms with Crippen LogP contribution in [0.3, 0.4) is 0 Å². The number of carbonyl (C=O) groups is 1. The lowest BCUT2D eigenvalue weighted by molar-refractivity contribution is -0.822. The molecule has 0 saturated carbocycles. The third-order valence-electron chi connectivity index (χ3n) is 4.45. The molecule has 0 aliphatic carbocycles. The second-order valence-corrected chi connectivity index (χ2v) is 7.03. The molecule has 0 bridgehead atoms. The number of hydrogen-bond donors (Lipinski definition) is 3. The monoisotopic (exact) mass is 411 g/mol. The smallest absolute Gasteiger partial charge is 0.341 e. The third-order valence-corrected chi connectivity index (χ3v) is 5.22. The Balaban J connectivity index is 0.00000210. The molecule has 0 aromatic carbocycles. The fourth-order valence-corrected chi connectivity index (χ4v) is 3.82. The summed E-state index contributed by atoms with van der Waals surface area (Å²) < 4.78 is 16.1. The molecule has 1 unspecified atom stereocenters. The summed E-state index contributed by atoms with van der Waals surface area (Å²) in [6.45, 7) is 1.19. The van der Waals surface area contributed by atoms with Gasteiger partial charge in [-0.2, -0.15) is 9.37 Å². The molecule has 1 aliphatic heterocycles. The van der Waals surface area contributed by atoms with Gasteiger partial charge in [0.05, 0.1) is 24.5 Å². The van der Waals surface area contributed by atoms with E-state index in [2.05, 4.69) is 9.97 Å². The molecule has 3 aromatic heterocycles. The van der Waals surface area contributed by atoms with Crippen LogP contribution in [0.4, 0.5) is 10.2 Å². The van der Waals surface area contributed by atoms with Gasteiger partial charge in [-0.25, -0.2) is 9.78 Å². The highest BCUT2D eigenvalue weighted by Crippen LogP contribution is 2.21. The van der Waals surface area contributed by atoms with Crippen LogP contribution in [0.25, 0.3) is 16.2 Å². The van der Waals surface area contributed by atoms with Crippen LogP contribution >= 0.6 is 11.3 Å². The topological polar surface area (TPSA) is 116 Å². The Kier molecular flexibility index (Phi) is 5.24. The minimum absolute atomic E-state index is 0. The molecule has 1 fully saturated rings. The Morgan fingerprint density at radius 1 is 1.48 bits per heavy atom. The number of quaternary nitrogens is 1. The van der Waals surface area contributed by atoms with Crippen molar-refractivity contribution in [3.05, 3.63) is 45.4 Å². The first kappa shape index (κ1) is 19.4. The summed E-state index contributed by atoms with van der Waals surface area (Å²) in [5.41, 5.74) is 4.86. The lowest BCUT2D eigenvalue weighted by atomic mass is 10.2. The van der Waals surface area contributed by atoms with Crippen molar-refractivity contribution in [1.29, 1.82) is 0 Å². The maximum atomic E-state index is 14.7. The minimum Gasteiger partial charge on any atom is -1.00 e. The van der Waals surface area contributed by atoms with Crippen molar-refractivity contribution >= 4 is 34.2 Å². The number of halogens is 2. The van der Waals surface area contributed by atoms with Crippen molar-refractivity contribution in [1.82, 2.24) is 14.5 Å². The number of nitrogens with zero attached hydrogens (tertiary/aromatic N) is 3. The third kappa shape index (κ3) is 3.32. The van der Waals surface area contributed by atoms with E-state index in [1.165, 1.54) is 22.1 Å². The quantitative estimate of drug-likeness (QED) is 0.421. The number of carboxylic acid groups (broad SMARTS) is 1. The fourth-order valence-electron chi connectivity index (χ4n) is 3.20. The summed E-state index contributed by atoms with van der Waals surface area (Å²) in [5.74, 6) is -1.85. The van der Waals surface area contributed by atoms with Crippen LogP contribution < -0.4 is 28.5 Å². The Morgan fingerprint density at radius 2 is 2.26 bits per heavy atom. The number of nitrogens with two attached hydrogens (primary N) is 1. The molecule has 11 heteroatoms. The SMILES string of the molecule is N[C@@H]1CC[NH+](c2nc3c(cc2F)c(=O)c(C(=O)O)cn3-c2nccs2)C1.[Cl-]. The average Bonchev–Trinajstić information content (AvgIpc) is 3.26. The van der Waals surface area contributed by atoms with Gasteiger partial charge in [-0.05, 0) is 6.07 Å². The summed E-state index contributed by atoms with van der Waals surface area (Å²) in [5, 5.41) is 11.4. The molecule has 0 radical (unpaired) electrons. The highest BCUT2D eigenvalue weighted by molar-refractivity contribution is 7.12. The van der Waals surface area contributed by atoms with E-state index in [1.54, 1.807) is 11.6 Å². The number of aromatic carboxylic acids is 1. The zero-order valence-corrected chi connectivity index (χ0v) is 15.4. The summed E-state index contributed by atoms with van der Waals surface area (Å²) >= 11 is 1.26. The number of hydrogen-bond acceptors (Lipinski definition) is 6. The van der Waals surface area contributed by atoms with E-state index in [1.807, 2.05) is 0 Å². The minimum atomic E-state index is -1.39. The molecule has 27 heavy (non-hydrogen) atoms. The summed E-state index contributed by atoms with van der Waals surface area (Å²) in [6.07, 6.45) is 3.50. The summed E-state index contributed by atoms with van der Waals surface area (Å²) in [7, 11) is 0. The van der Waals surface area contributed by atoms with Gasteiger partial charge in [0.2, 0.25) is 11.2 Å². The second-order valence-electron chi connectivity index (χ2n) is 6.16. The van der Waals surface area contributed by atoms with Gasteiger partial charge in [0.1, 0.15) is 5.56 Å². The van der Waals surface area contributed by atoms with Gasteiger partial charge in [-0.15, -0.1) is 11.3 Å². The zero-order valence-electron chi connectivity index (χ0n) is 13.9. The van der Waals surface area contributed by atoms with Crippen molar-refractivity contribution in [2.75, 3.05) is 13.1 Å². The first-order valence-electron chi connectivity index (χ1n) is 7.95. The summed E-state index contributed by atoms with van der Waals surface area (Å²) in [6, 6.07) is 1.03. The van der Waals surface area contributed by atoms with Crippen LogP contribution in [0, 0.1) is 5.82 Å². The van der Waals surface area contributed by atoms with Gasteiger partial charge in [0.25, 0.3) is 5.82 Å². The number of fused-ring (bicyclic) bond motifs is 1. The van der Waals surface area contributed by atoms with E-state index >= 15 is 0 Å². The fraction of sp³-hybridized carbons (Fsp3) is 0.250. The maximum Gasteiger partial charge on any atom is 0.341 e. The lowest BCUT2D eigenvalue weighted by Crippen LogP contribution is -3.06. The molecule has 3 aromatic rings. The Morgan fingerprint density at radius 3 is 2.85 bits per heavy atom. The average molecular weight is 412 g/mol. The Bertz CT molecular complexity index is 1070. The van der Waals surface area contributed by atoms with Gasteiger partial charge in [-0.1, -0.05) is 0 Å². The van der Waals surface area contributed by atoms with Gasteiger partial charge in [-0.3, -0.25) is 14.3 Å². The zero-order chi connectivity index (χ0) is 18.4. The molecule has 4 heterocycles. The second kappa shape index (κ2) is 7.31. The van der Waals surface area contributed by atoms with Gasteiger partial charge >= 0.3 is 5.97 Å². The van der Waals surface area contributed by atoms with Gasteiger partial charge in [0.15, 0.2) is 10.8 Å². The van der Waals surface area contributed by atoms with Crippen LogP contribution in [0.1, 0.15) is 16.8 Å². The van der Waals surface area contributed by atoms with Gasteiger partial charge < -0.3 is 23.2 Å². The molecule has 1 aliphatic rings. The van der Waals surface area contributed by atoms with Crippen molar-refractivity contribution in [3.63, 3.8) is 0 Å². The predicted molar refractivity (Wildman–Crippen MR) is 92.9 cm³/mol. The molecule has 1 saturated heterocycles. The first-order chi connectivity index (χ1) is 12.5. The van der Waals surface area contributed by atoms with Crippen LogP contribution in [0.5, 0.6) is 0 Å². The van der Waals surface area contributed by atoms with E-state index in [9.17, 15) is 19.1 Å². The number of aromatic nitrogens is 3.